The number of rotatable bonds is 9. The molecule has 0 aliphatic rings. The van der Waals surface area contributed by atoms with Crippen LogP contribution in [-0.2, 0) is 17.8 Å². The molecule has 0 fully saturated rings. The van der Waals surface area contributed by atoms with Gasteiger partial charge in [-0.1, -0.05) is 31.0 Å². The summed E-state index contributed by atoms with van der Waals surface area (Å²) in [5.41, 5.74) is 5.10. The molecule has 1 aromatic carbocycles. The van der Waals surface area contributed by atoms with Crippen LogP contribution in [0.5, 0.6) is 0 Å². The number of pyridine rings is 1. The number of fused-ring (bicyclic) bond motifs is 1. The monoisotopic (exact) mass is 367 g/mol. The van der Waals surface area contributed by atoms with Crippen LogP contribution in [0.2, 0.25) is 0 Å². The Kier molecular flexibility index (Phi) is 6.81. The zero-order chi connectivity index (χ0) is 18.4. The Morgan fingerprint density at radius 3 is 2.62 bits per heavy atom. The quantitative estimate of drug-likeness (QED) is 0.400. The predicted molar refractivity (Wildman–Crippen MR) is 112 cm³/mol. The Morgan fingerprint density at radius 2 is 1.81 bits per heavy atom. The first-order valence-electron chi connectivity index (χ1n) is 9.62. The molecule has 0 N–H and O–H groups in total. The van der Waals surface area contributed by atoms with E-state index in [1.54, 1.807) is 5.56 Å². The molecule has 3 heteroatoms. The van der Waals surface area contributed by atoms with Gasteiger partial charge in [0.15, 0.2) is 0 Å². The van der Waals surface area contributed by atoms with Crippen molar-refractivity contribution in [1.29, 1.82) is 0 Å². The molecular weight excluding hydrogens is 338 g/mol. The van der Waals surface area contributed by atoms with Crippen LogP contribution in [0, 0.1) is 20.8 Å². The molecule has 0 radical (unpaired) electrons. The lowest BCUT2D eigenvalue weighted by atomic mass is 10.1. The molecule has 2 heterocycles. The van der Waals surface area contributed by atoms with Gasteiger partial charge >= 0.3 is 0 Å². The smallest absolute Gasteiger partial charge is 0.0734 e. The molecule has 3 rings (SSSR count). The number of aromatic nitrogens is 1. The third-order valence-electron chi connectivity index (χ3n) is 4.95. The summed E-state index contributed by atoms with van der Waals surface area (Å²) in [5.74, 6) is 0. The molecule has 0 amide bonds. The van der Waals surface area contributed by atoms with Crippen molar-refractivity contribution in [2.75, 3.05) is 6.61 Å². The zero-order valence-corrected chi connectivity index (χ0v) is 17.0. The number of aryl methyl sites for hydroxylation is 4. The Hall–Kier alpha value is -1.71. The van der Waals surface area contributed by atoms with Gasteiger partial charge in [-0.15, -0.1) is 11.3 Å². The van der Waals surface area contributed by atoms with E-state index in [2.05, 4.69) is 50.0 Å². The first-order valence-corrected chi connectivity index (χ1v) is 10.4. The van der Waals surface area contributed by atoms with Crippen LogP contribution in [0.3, 0.4) is 0 Å². The molecule has 0 unspecified atom stereocenters. The fraction of sp³-hybridized carbons (Fsp3) is 0.435. The molecule has 0 spiro atoms. The fourth-order valence-electron chi connectivity index (χ4n) is 3.49. The highest BCUT2D eigenvalue weighted by atomic mass is 32.1. The minimum absolute atomic E-state index is 0.676. The van der Waals surface area contributed by atoms with Gasteiger partial charge in [0.1, 0.15) is 0 Å². The van der Waals surface area contributed by atoms with Crippen LogP contribution >= 0.6 is 11.3 Å². The Labute approximate surface area is 161 Å². The van der Waals surface area contributed by atoms with E-state index in [0.717, 1.165) is 18.5 Å². The largest absolute Gasteiger partial charge is 0.377 e. The number of nitrogens with zero attached hydrogens (tertiary/aromatic N) is 1. The summed E-state index contributed by atoms with van der Waals surface area (Å²) < 4.78 is 5.93. The summed E-state index contributed by atoms with van der Waals surface area (Å²) in [6.07, 6.45) is 8.04. The topological polar surface area (TPSA) is 22.1 Å². The highest BCUT2D eigenvalue weighted by molar-refractivity contribution is 7.12. The second-order valence-electron chi connectivity index (χ2n) is 7.10. The molecule has 0 aliphatic heterocycles. The Morgan fingerprint density at radius 1 is 0.962 bits per heavy atom. The standard InChI is InChI=1S/C23H29NOS/c1-17-11-12-21(22-10-8-13-24-23(17)22)16-25-14-7-5-4-6-9-20-15-18(2)26-19(20)3/h8,10-13,15H,4-7,9,14,16H2,1-3H3. The van der Waals surface area contributed by atoms with Crippen molar-refractivity contribution >= 4 is 22.2 Å². The maximum atomic E-state index is 5.93. The van der Waals surface area contributed by atoms with Gasteiger partial charge in [0, 0.05) is 27.9 Å². The van der Waals surface area contributed by atoms with Crippen LogP contribution in [0.4, 0.5) is 0 Å². The van der Waals surface area contributed by atoms with E-state index in [1.807, 2.05) is 23.6 Å². The van der Waals surface area contributed by atoms with Crippen molar-refractivity contribution in [3.63, 3.8) is 0 Å². The lowest BCUT2D eigenvalue weighted by Crippen LogP contribution is -1.98. The molecular formula is C23H29NOS. The summed E-state index contributed by atoms with van der Waals surface area (Å²) in [4.78, 5) is 7.42. The number of thiophene rings is 1. The second kappa shape index (κ2) is 9.29. The number of unbranched alkanes of at least 4 members (excludes halogenated alkanes) is 3. The molecule has 0 atom stereocenters. The minimum Gasteiger partial charge on any atom is -0.377 e. The van der Waals surface area contributed by atoms with E-state index in [9.17, 15) is 0 Å². The molecule has 0 bridgehead atoms. The highest BCUT2D eigenvalue weighted by Gasteiger charge is 2.05. The molecule has 2 aromatic heterocycles. The maximum absolute atomic E-state index is 5.93. The van der Waals surface area contributed by atoms with Crippen molar-refractivity contribution in [1.82, 2.24) is 4.98 Å². The molecule has 26 heavy (non-hydrogen) atoms. The normalized spacial score (nSPS) is 11.3. The summed E-state index contributed by atoms with van der Waals surface area (Å²) in [6, 6.07) is 10.8. The van der Waals surface area contributed by atoms with E-state index in [0.29, 0.717) is 6.61 Å². The molecule has 2 nitrogen and oxygen atoms in total. The summed E-state index contributed by atoms with van der Waals surface area (Å²) in [7, 11) is 0. The summed E-state index contributed by atoms with van der Waals surface area (Å²) in [5, 5.41) is 1.22. The SMILES string of the molecule is Cc1cc(CCCCCCOCc2ccc(C)c3ncccc23)c(C)s1. The van der Waals surface area contributed by atoms with Gasteiger partial charge in [0.2, 0.25) is 0 Å². The van der Waals surface area contributed by atoms with Gasteiger partial charge in [0.05, 0.1) is 12.1 Å². The first kappa shape index (κ1) is 19.1. The van der Waals surface area contributed by atoms with Gasteiger partial charge in [0.25, 0.3) is 0 Å². The van der Waals surface area contributed by atoms with Gasteiger partial charge in [-0.25, -0.2) is 0 Å². The van der Waals surface area contributed by atoms with Crippen molar-refractivity contribution < 1.29 is 4.74 Å². The summed E-state index contributed by atoms with van der Waals surface area (Å²) in [6.45, 7) is 8.07. The van der Waals surface area contributed by atoms with Crippen LogP contribution in [0.25, 0.3) is 10.9 Å². The van der Waals surface area contributed by atoms with Gasteiger partial charge in [-0.05, 0) is 68.9 Å². The molecule has 0 saturated heterocycles. The Balaban J connectivity index is 1.35. The van der Waals surface area contributed by atoms with Gasteiger partial charge in [-0.3, -0.25) is 4.98 Å². The fourth-order valence-corrected chi connectivity index (χ4v) is 4.46. The van der Waals surface area contributed by atoms with Gasteiger partial charge < -0.3 is 4.74 Å². The number of benzene rings is 1. The van der Waals surface area contributed by atoms with E-state index >= 15 is 0 Å². The van der Waals surface area contributed by atoms with E-state index in [-0.39, 0.29) is 0 Å². The second-order valence-corrected chi connectivity index (χ2v) is 8.56. The predicted octanol–water partition coefficient (Wildman–Crippen LogP) is 6.54. The Bertz CT molecular complexity index is 853. The average Bonchev–Trinajstić information content (AvgIpc) is 2.96. The number of hydrogen-bond acceptors (Lipinski definition) is 3. The lowest BCUT2D eigenvalue weighted by molar-refractivity contribution is 0.117. The minimum atomic E-state index is 0.676. The molecule has 0 aliphatic carbocycles. The van der Waals surface area contributed by atoms with Crippen LogP contribution < -0.4 is 0 Å². The molecule has 138 valence electrons. The van der Waals surface area contributed by atoms with Crippen molar-refractivity contribution in [2.45, 2.75) is 59.5 Å². The van der Waals surface area contributed by atoms with E-state index in [1.165, 1.54) is 52.0 Å². The van der Waals surface area contributed by atoms with Gasteiger partial charge in [-0.2, -0.15) is 0 Å². The van der Waals surface area contributed by atoms with Crippen molar-refractivity contribution in [3.05, 3.63) is 63.0 Å². The van der Waals surface area contributed by atoms with Crippen molar-refractivity contribution in [2.24, 2.45) is 0 Å². The van der Waals surface area contributed by atoms with Crippen LogP contribution in [-0.4, -0.2) is 11.6 Å². The zero-order valence-electron chi connectivity index (χ0n) is 16.2. The average molecular weight is 368 g/mol. The lowest BCUT2D eigenvalue weighted by Gasteiger charge is -2.09. The number of hydrogen-bond donors (Lipinski definition) is 0. The first-order chi connectivity index (χ1) is 12.6. The number of ether oxygens (including phenoxy) is 1. The van der Waals surface area contributed by atoms with E-state index in [4.69, 9.17) is 4.74 Å². The van der Waals surface area contributed by atoms with Crippen molar-refractivity contribution in [3.8, 4) is 0 Å². The third kappa shape index (κ3) is 4.93. The van der Waals surface area contributed by atoms with Crippen LogP contribution in [0.1, 0.15) is 52.1 Å². The molecule has 3 aromatic rings. The third-order valence-corrected chi connectivity index (χ3v) is 5.96. The molecule has 0 saturated carbocycles. The van der Waals surface area contributed by atoms with Crippen LogP contribution in [0.15, 0.2) is 36.5 Å². The highest BCUT2D eigenvalue weighted by Crippen LogP contribution is 2.23. The summed E-state index contributed by atoms with van der Waals surface area (Å²) >= 11 is 1.92. The maximum Gasteiger partial charge on any atom is 0.0734 e. The van der Waals surface area contributed by atoms with E-state index < -0.39 is 0 Å².